The highest BCUT2D eigenvalue weighted by atomic mass is 35.5. The topological polar surface area (TPSA) is 56.1 Å². The Morgan fingerprint density at radius 3 is 2.41 bits per heavy atom. The summed E-state index contributed by atoms with van der Waals surface area (Å²) in [6.45, 7) is -2.39. The second-order valence-corrected chi connectivity index (χ2v) is 6.18. The highest BCUT2D eigenvalue weighted by molar-refractivity contribution is 6.30. The molecule has 140 valence electrons. The fourth-order valence-electron chi connectivity index (χ4n) is 2.49. The van der Waals surface area contributed by atoms with Crippen LogP contribution < -0.4 is 10.1 Å². The molecular formula is C19H16ClF2N3O2. The average molecular weight is 392 g/mol. The van der Waals surface area contributed by atoms with Crippen molar-refractivity contribution in [2.45, 2.75) is 19.6 Å². The smallest absolute Gasteiger partial charge is 0.387 e. The summed E-state index contributed by atoms with van der Waals surface area (Å²) in [6, 6.07) is 15.0. The molecule has 0 atom stereocenters. The lowest BCUT2D eigenvalue weighted by molar-refractivity contribution is -0.115. The molecule has 3 aromatic rings. The minimum absolute atomic E-state index is 0.0511. The molecule has 1 aromatic heterocycles. The van der Waals surface area contributed by atoms with Crippen LogP contribution in [0.3, 0.4) is 0 Å². The third-order valence-electron chi connectivity index (χ3n) is 3.74. The first-order valence-electron chi connectivity index (χ1n) is 8.09. The lowest BCUT2D eigenvalue weighted by Gasteiger charge is -2.10. The zero-order valence-corrected chi connectivity index (χ0v) is 14.9. The Bertz CT molecular complexity index is 896. The van der Waals surface area contributed by atoms with Gasteiger partial charge < -0.3 is 10.1 Å². The van der Waals surface area contributed by atoms with Gasteiger partial charge in [0.15, 0.2) is 0 Å². The number of rotatable bonds is 7. The molecule has 0 aliphatic heterocycles. The molecule has 0 bridgehead atoms. The number of anilines is 1. The SMILES string of the molecule is O=C(Cc1ccc(OC(F)F)cc1)Nc1ccnn1Cc1ccc(Cl)cc1. The number of halogens is 3. The molecule has 0 aliphatic carbocycles. The van der Waals surface area contributed by atoms with Gasteiger partial charge in [-0.05, 0) is 35.4 Å². The molecule has 0 radical (unpaired) electrons. The van der Waals surface area contributed by atoms with Crippen LogP contribution in [0.4, 0.5) is 14.6 Å². The largest absolute Gasteiger partial charge is 0.435 e. The van der Waals surface area contributed by atoms with Crippen LogP contribution in [0.2, 0.25) is 5.02 Å². The quantitative estimate of drug-likeness (QED) is 0.650. The number of carbonyl (C=O) groups is 1. The van der Waals surface area contributed by atoms with Crippen LogP contribution in [-0.4, -0.2) is 22.3 Å². The number of hydrogen-bond acceptors (Lipinski definition) is 3. The van der Waals surface area contributed by atoms with E-state index in [0.717, 1.165) is 5.56 Å². The van der Waals surface area contributed by atoms with Crippen molar-refractivity contribution in [3.05, 3.63) is 76.9 Å². The third-order valence-corrected chi connectivity index (χ3v) is 3.99. The van der Waals surface area contributed by atoms with E-state index in [1.54, 1.807) is 41.2 Å². The first kappa shape index (κ1) is 18.8. The van der Waals surface area contributed by atoms with Gasteiger partial charge in [0.05, 0.1) is 19.2 Å². The van der Waals surface area contributed by atoms with E-state index in [1.165, 1.54) is 12.1 Å². The molecule has 3 rings (SSSR count). The summed E-state index contributed by atoms with van der Waals surface area (Å²) in [7, 11) is 0. The van der Waals surface area contributed by atoms with Crippen LogP contribution in [0.5, 0.6) is 5.75 Å². The first-order chi connectivity index (χ1) is 13.0. The molecule has 27 heavy (non-hydrogen) atoms. The van der Waals surface area contributed by atoms with Gasteiger partial charge in [0.1, 0.15) is 11.6 Å². The van der Waals surface area contributed by atoms with Gasteiger partial charge in [-0.2, -0.15) is 13.9 Å². The third kappa shape index (κ3) is 5.52. The molecule has 1 N–H and O–H groups in total. The van der Waals surface area contributed by atoms with Crippen molar-refractivity contribution in [3.8, 4) is 5.75 Å². The van der Waals surface area contributed by atoms with Crippen LogP contribution >= 0.6 is 11.6 Å². The molecule has 0 fully saturated rings. The number of nitrogens with zero attached hydrogens (tertiary/aromatic N) is 2. The van der Waals surface area contributed by atoms with E-state index < -0.39 is 6.61 Å². The summed E-state index contributed by atoms with van der Waals surface area (Å²) in [6.07, 6.45) is 1.70. The monoisotopic (exact) mass is 391 g/mol. The molecule has 0 spiro atoms. The van der Waals surface area contributed by atoms with Gasteiger partial charge in [0.25, 0.3) is 0 Å². The summed E-state index contributed by atoms with van der Waals surface area (Å²) < 4.78 is 30.3. The van der Waals surface area contributed by atoms with Gasteiger partial charge in [-0.3, -0.25) is 4.79 Å². The van der Waals surface area contributed by atoms with Gasteiger partial charge >= 0.3 is 6.61 Å². The first-order valence-corrected chi connectivity index (χ1v) is 8.47. The highest BCUT2D eigenvalue weighted by Gasteiger charge is 2.10. The van der Waals surface area contributed by atoms with Crippen molar-refractivity contribution < 1.29 is 18.3 Å². The predicted molar refractivity (Wildman–Crippen MR) is 98.2 cm³/mol. The van der Waals surface area contributed by atoms with Crippen molar-refractivity contribution in [1.82, 2.24) is 9.78 Å². The lowest BCUT2D eigenvalue weighted by Crippen LogP contribution is -2.18. The number of aromatic nitrogens is 2. The van der Waals surface area contributed by atoms with Crippen molar-refractivity contribution in [3.63, 3.8) is 0 Å². The zero-order valence-electron chi connectivity index (χ0n) is 14.1. The van der Waals surface area contributed by atoms with Crippen LogP contribution in [0.15, 0.2) is 60.8 Å². The maximum atomic E-state index is 12.3. The predicted octanol–water partition coefficient (Wildman–Crippen LogP) is 4.37. The number of nitrogens with one attached hydrogen (secondary N) is 1. The standard InChI is InChI=1S/C19H16ClF2N3O2/c20-15-5-1-14(2-6-15)12-25-17(9-10-23-25)24-18(26)11-13-3-7-16(8-4-13)27-19(21)22/h1-10,19H,11-12H2,(H,24,26). The minimum Gasteiger partial charge on any atom is -0.435 e. The molecular weight excluding hydrogens is 376 g/mol. The molecule has 1 heterocycles. The molecule has 2 aromatic carbocycles. The number of amides is 1. The van der Waals surface area contributed by atoms with Crippen LogP contribution in [0, 0.1) is 0 Å². The lowest BCUT2D eigenvalue weighted by atomic mass is 10.1. The van der Waals surface area contributed by atoms with Gasteiger partial charge in [-0.15, -0.1) is 0 Å². The fraction of sp³-hybridized carbons (Fsp3) is 0.158. The Kier molecular flexibility index (Phi) is 6.03. The van der Waals surface area contributed by atoms with Crippen LogP contribution in [-0.2, 0) is 17.8 Å². The van der Waals surface area contributed by atoms with Crippen molar-refractivity contribution in [2.75, 3.05) is 5.32 Å². The second-order valence-electron chi connectivity index (χ2n) is 5.75. The van der Waals surface area contributed by atoms with Crippen LogP contribution in [0.25, 0.3) is 0 Å². The maximum Gasteiger partial charge on any atom is 0.387 e. The Morgan fingerprint density at radius 2 is 1.74 bits per heavy atom. The van der Waals surface area contributed by atoms with E-state index >= 15 is 0 Å². The Balaban J connectivity index is 1.60. The molecule has 0 aliphatic rings. The zero-order chi connectivity index (χ0) is 19.2. The summed E-state index contributed by atoms with van der Waals surface area (Å²) in [5.74, 6) is 0.373. The number of alkyl halides is 2. The van der Waals surface area contributed by atoms with Crippen molar-refractivity contribution >= 4 is 23.3 Å². The molecule has 8 heteroatoms. The Labute approximate surface area is 159 Å². The van der Waals surface area contributed by atoms with E-state index in [-0.39, 0.29) is 18.1 Å². The Hall–Kier alpha value is -2.93. The van der Waals surface area contributed by atoms with E-state index in [9.17, 15) is 13.6 Å². The van der Waals surface area contributed by atoms with E-state index in [0.29, 0.717) is 22.9 Å². The number of hydrogen-bond donors (Lipinski definition) is 1. The molecule has 0 unspecified atom stereocenters. The summed E-state index contributed by atoms with van der Waals surface area (Å²) in [5, 5.41) is 7.67. The molecule has 0 saturated carbocycles. The van der Waals surface area contributed by atoms with Gasteiger partial charge in [-0.25, -0.2) is 4.68 Å². The second kappa shape index (κ2) is 8.64. The summed E-state index contributed by atoms with van der Waals surface area (Å²) >= 11 is 5.88. The van der Waals surface area contributed by atoms with E-state index in [1.807, 2.05) is 12.1 Å². The van der Waals surface area contributed by atoms with Crippen LogP contribution in [0.1, 0.15) is 11.1 Å². The number of benzene rings is 2. The maximum absolute atomic E-state index is 12.3. The van der Waals surface area contributed by atoms with E-state index in [4.69, 9.17) is 11.6 Å². The van der Waals surface area contributed by atoms with Crippen molar-refractivity contribution in [2.24, 2.45) is 0 Å². The summed E-state index contributed by atoms with van der Waals surface area (Å²) in [5.41, 5.74) is 1.67. The van der Waals surface area contributed by atoms with Gasteiger partial charge in [-0.1, -0.05) is 35.9 Å². The number of ether oxygens (including phenoxy) is 1. The number of carbonyl (C=O) groups excluding carboxylic acids is 1. The molecule has 5 nitrogen and oxygen atoms in total. The normalized spacial score (nSPS) is 10.8. The Morgan fingerprint density at radius 1 is 1.07 bits per heavy atom. The highest BCUT2D eigenvalue weighted by Crippen LogP contribution is 2.17. The molecule has 0 saturated heterocycles. The fourth-order valence-corrected chi connectivity index (χ4v) is 2.61. The summed E-state index contributed by atoms with van der Waals surface area (Å²) in [4.78, 5) is 12.3. The molecule has 1 amide bonds. The minimum atomic E-state index is -2.87. The average Bonchev–Trinajstić information content (AvgIpc) is 3.05. The van der Waals surface area contributed by atoms with E-state index in [2.05, 4.69) is 15.2 Å². The van der Waals surface area contributed by atoms with Gasteiger partial charge in [0, 0.05) is 11.1 Å². The van der Waals surface area contributed by atoms with Gasteiger partial charge in [0.2, 0.25) is 5.91 Å². The van der Waals surface area contributed by atoms with Crippen molar-refractivity contribution in [1.29, 1.82) is 0 Å².